The van der Waals surface area contributed by atoms with E-state index in [0.29, 0.717) is 6.54 Å². The molecule has 1 N–H and O–H groups in total. The highest BCUT2D eigenvalue weighted by atomic mass is 79.9. The molecule has 1 aromatic heterocycles. The van der Waals surface area contributed by atoms with Gasteiger partial charge in [-0.3, -0.25) is 4.98 Å². The minimum Gasteiger partial charge on any atom is -0.379 e. The zero-order valence-corrected chi connectivity index (χ0v) is 13.6. The molecule has 0 aliphatic heterocycles. The van der Waals surface area contributed by atoms with Crippen LogP contribution in [-0.2, 0) is 6.54 Å². The molecule has 2 aromatic rings. The Morgan fingerprint density at radius 1 is 1.33 bits per heavy atom. The molecule has 0 bridgehead atoms. The van der Waals surface area contributed by atoms with Crippen LogP contribution in [0.5, 0.6) is 0 Å². The molecular weight excluding hydrogens is 379 g/mol. The van der Waals surface area contributed by atoms with Gasteiger partial charge in [0, 0.05) is 25.9 Å². The van der Waals surface area contributed by atoms with Crippen molar-refractivity contribution in [2.75, 3.05) is 5.32 Å². The highest BCUT2D eigenvalue weighted by Gasteiger charge is 2.05. The molecule has 0 spiro atoms. The monoisotopic (exact) mass is 388 g/mol. The van der Waals surface area contributed by atoms with Crippen molar-refractivity contribution in [3.05, 3.63) is 55.7 Å². The largest absolute Gasteiger partial charge is 0.379 e. The molecule has 94 valence electrons. The molecule has 2 nitrogen and oxygen atoms in total. The average Bonchev–Trinajstić information content (AvgIpc) is 2.33. The van der Waals surface area contributed by atoms with E-state index in [4.69, 9.17) is 11.6 Å². The molecule has 2 rings (SSSR count). The molecule has 0 fully saturated rings. The van der Waals surface area contributed by atoms with Crippen molar-refractivity contribution in [3.63, 3.8) is 0 Å². The number of pyridine rings is 1. The van der Waals surface area contributed by atoms with E-state index in [2.05, 4.69) is 42.2 Å². The highest BCUT2D eigenvalue weighted by molar-refractivity contribution is 9.11. The van der Waals surface area contributed by atoms with Gasteiger partial charge in [-0.05, 0) is 62.5 Å². The van der Waals surface area contributed by atoms with E-state index >= 15 is 0 Å². The summed E-state index contributed by atoms with van der Waals surface area (Å²) in [5.74, 6) is 0. The van der Waals surface area contributed by atoms with Crippen molar-refractivity contribution >= 4 is 49.1 Å². The van der Waals surface area contributed by atoms with Crippen molar-refractivity contribution in [3.8, 4) is 0 Å². The fourth-order valence-electron chi connectivity index (χ4n) is 1.55. The summed E-state index contributed by atoms with van der Waals surface area (Å²) >= 11 is 13.0. The van der Waals surface area contributed by atoms with Crippen LogP contribution in [0.2, 0.25) is 5.02 Å². The van der Waals surface area contributed by atoms with Crippen LogP contribution in [0.3, 0.4) is 0 Å². The predicted octanol–water partition coefficient (Wildman–Crippen LogP) is 5.18. The average molecular weight is 391 g/mol. The first kappa shape index (κ1) is 13.8. The number of halogens is 3. The Balaban J connectivity index is 2.14. The second-order valence-electron chi connectivity index (χ2n) is 3.85. The Morgan fingerprint density at radius 2 is 2.11 bits per heavy atom. The second-order valence-corrected chi connectivity index (χ2v) is 6.03. The molecular formula is C13H11Br2ClN2. The van der Waals surface area contributed by atoms with Crippen LogP contribution in [0, 0.1) is 6.92 Å². The zero-order chi connectivity index (χ0) is 13.1. The Hall–Kier alpha value is -0.580. The molecule has 0 saturated carbocycles. The zero-order valence-electron chi connectivity index (χ0n) is 9.67. The van der Waals surface area contributed by atoms with Gasteiger partial charge in [0.05, 0.1) is 12.2 Å². The number of nitrogens with zero attached hydrogens (tertiary/aromatic N) is 1. The van der Waals surface area contributed by atoms with E-state index < -0.39 is 0 Å². The number of nitrogens with one attached hydrogen (secondary N) is 1. The minimum atomic E-state index is 0.648. The summed E-state index contributed by atoms with van der Waals surface area (Å²) in [7, 11) is 0. The first-order valence-electron chi connectivity index (χ1n) is 5.37. The maximum absolute atomic E-state index is 6.08. The van der Waals surface area contributed by atoms with Crippen molar-refractivity contribution in [1.29, 1.82) is 0 Å². The normalized spacial score (nSPS) is 10.4. The Bertz CT molecular complexity index is 573. The van der Waals surface area contributed by atoms with E-state index in [1.807, 2.05) is 31.2 Å². The Kier molecular flexibility index (Phi) is 4.65. The van der Waals surface area contributed by atoms with Gasteiger partial charge < -0.3 is 5.32 Å². The standard InChI is InChI=1S/C13H11Br2ClN2/c1-8-11(16)3-2-4-12(8)18-7-13-10(15)5-9(14)6-17-13/h2-6,18H,7H2,1H3. The molecule has 0 aliphatic rings. The number of hydrogen-bond acceptors (Lipinski definition) is 2. The van der Waals surface area contributed by atoms with Gasteiger partial charge in [0.15, 0.2) is 0 Å². The maximum atomic E-state index is 6.08. The second kappa shape index (κ2) is 6.04. The van der Waals surface area contributed by atoms with Crippen LogP contribution in [0.4, 0.5) is 5.69 Å². The van der Waals surface area contributed by atoms with Crippen LogP contribution in [0.25, 0.3) is 0 Å². The van der Waals surface area contributed by atoms with Gasteiger partial charge in [-0.15, -0.1) is 0 Å². The molecule has 1 heterocycles. The van der Waals surface area contributed by atoms with Crippen molar-refractivity contribution in [2.45, 2.75) is 13.5 Å². The fourth-order valence-corrected chi connectivity index (χ4v) is 2.85. The highest BCUT2D eigenvalue weighted by Crippen LogP contribution is 2.25. The first-order chi connectivity index (χ1) is 8.58. The van der Waals surface area contributed by atoms with Crippen LogP contribution in [0.15, 0.2) is 39.4 Å². The quantitative estimate of drug-likeness (QED) is 0.781. The molecule has 0 radical (unpaired) electrons. The van der Waals surface area contributed by atoms with Crippen LogP contribution < -0.4 is 5.32 Å². The van der Waals surface area contributed by atoms with Gasteiger partial charge in [0.25, 0.3) is 0 Å². The third kappa shape index (κ3) is 3.25. The molecule has 18 heavy (non-hydrogen) atoms. The fraction of sp³-hybridized carbons (Fsp3) is 0.154. The summed E-state index contributed by atoms with van der Waals surface area (Å²) in [5, 5.41) is 4.10. The van der Waals surface area contributed by atoms with Crippen LogP contribution >= 0.6 is 43.5 Å². The van der Waals surface area contributed by atoms with Gasteiger partial charge in [0.1, 0.15) is 0 Å². The number of benzene rings is 1. The maximum Gasteiger partial charge on any atom is 0.0737 e. The Morgan fingerprint density at radius 3 is 2.83 bits per heavy atom. The molecule has 5 heteroatoms. The molecule has 0 unspecified atom stereocenters. The van der Waals surface area contributed by atoms with Crippen molar-refractivity contribution < 1.29 is 0 Å². The van der Waals surface area contributed by atoms with Crippen molar-refractivity contribution in [1.82, 2.24) is 4.98 Å². The summed E-state index contributed by atoms with van der Waals surface area (Å²) in [6.45, 7) is 2.64. The third-order valence-corrected chi connectivity index (χ3v) is 4.13. The number of rotatable bonds is 3. The lowest BCUT2D eigenvalue weighted by Crippen LogP contribution is -2.03. The third-order valence-electron chi connectivity index (χ3n) is 2.60. The van der Waals surface area contributed by atoms with Crippen LogP contribution in [-0.4, -0.2) is 4.98 Å². The van der Waals surface area contributed by atoms with Gasteiger partial charge in [-0.2, -0.15) is 0 Å². The molecule has 1 aromatic carbocycles. The summed E-state index contributed by atoms with van der Waals surface area (Å²) in [6, 6.07) is 7.81. The van der Waals surface area contributed by atoms with Gasteiger partial charge in [0.2, 0.25) is 0 Å². The summed E-state index contributed by atoms with van der Waals surface area (Å²) in [6.07, 6.45) is 1.78. The molecule has 0 aliphatic carbocycles. The summed E-state index contributed by atoms with van der Waals surface area (Å²) < 4.78 is 1.93. The number of aromatic nitrogens is 1. The SMILES string of the molecule is Cc1c(Cl)cccc1NCc1ncc(Br)cc1Br. The van der Waals surface area contributed by atoms with Crippen LogP contribution in [0.1, 0.15) is 11.3 Å². The molecule has 0 saturated heterocycles. The Labute approximate surface area is 128 Å². The lowest BCUT2D eigenvalue weighted by Gasteiger charge is -2.11. The lowest BCUT2D eigenvalue weighted by molar-refractivity contribution is 1.02. The topological polar surface area (TPSA) is 24.9 Å². The van der Waals surface area contributed by atoms with Gasteiger partial charge in [-0.1, -0.05) is 17.7 Å². The summed E-state index contributed by atoms with van der Waals surface area (Å²) in [4.78, 5) is 4.36. The first-order valence-corrected chi connectivity index (χ1v) is 7.33. The lowest BCUT2D eigenvalue weighted by atomic mass is 10.2. The summed E-state index contributed by atoms with van der Waals surface area (Å²) in [5.41, 5.74) is 3.03. The van der Waals surface area contributed by atoms with Crippen molar-refractivity contribution in [2.24, 2.45) is 0 Å². The van der Waals surface area contributed by atoms with E-state index in [0.717, 1.165) is 30.9 Å². The van der Waals surface area contributed by atoms with E-state index in [-0.39, 0.29) is 0 Å². The van der Waals surface area contributed by atoms with E-state index in [1.54, 1.807) is 6.20 Å². The molecule has 0 amide bonds. The molecule has 0 atom stereocenters. The smallest absolute Gasteiger partial charge is 0.0737 e. The van der Waals surface area contributed by atoms with E-state index in [1.165, 1.54) is 0 Å². The minimum absolute atomic E-state index is 0.648. The van der Waals surface area contributed by atoms with Gasteiger partial charge >= 0.3 is 0 Å². The number of hydrogen-bond donors (Lipinski definition) is 1. The predicted molar refractivity (Wildman–Crippen MR) is 83.2 cm³/mol. The number of anilines is 1. The van der Waals surface area contributed by atoms with E-state index in [9.17, 15) is 0 Å². The van der Waals surface area contributed by atoms with Gasteiger partial charge in [-0.25, -0.2) is 0 Å².